The molecule has 0 fully saturated rings. The Bertz CT molecular complexity index is 1070. The number of nitrogens with zero attached hydrogens (tertiary/aromatic N) is 3. The van der Waals surface area contributed by atoms with Gasteiger partial charge in [0, 0.05) is 23.9 Å². The van der Waals surface area contributed by atoms with Crippen LogP contribution in [0.15, 0.2) is 70.8 Å². The molecule has 2 aromatic carbocycles. The van der Waals surface area contributed by atoms with Crippen LogP contribution in [0.5, 0.6) is 0 Å². The molecule has 1 aliphatic rings. The number of halogens is 1. The predicted molar refractivity (Wildman–Crippen MR) is 125 cm³/mol. The molecular weight excluding hydrogens is 398 g/mol. The van der Waals surface area contributed by atoms with Gasteiger partial charge in [-0.2, -0.15) is 0 Å². The predicted octanol–water partition coefficient (Wildman–Crippen LogP) is 5.14. The number of rotatable bonds is 6. The van der Waals surface area contributed by atoms with E-state index in [1.807, 2.05) is 43.3 Å². The second-order valence-corrected chi connectivity index (χ2v) is 7.19. The molecule has 0 atom stereocenters. The number of oxime groups is 1. The Labute approximate surface area is 182 Å². The standard InChI is InChI=1S/C24H24ClN3O2/c1-5-30-27-17(3)16(2)24(29)28(4)19-12-13-22(25)21(15-19)23-20-11-7-6-9-18(20)10-8-14-26-23/h6-13,15H,2,5,14H2,1,3-4H3/b27-17-. The highest BCUT2D eigenvalue weighted by Gasteiger charge is 2.20. The SMILES string of the molecule is C=C(C(=O)N(C)c1ccc(Cl)c(C2=NCC=Cc3ccccc32)c1)/C(C)=N\OCC. The van der Waals surface area contributed by atoms with E-state index in [-0.39, 0.29) is 11.5 Å². The molecule has 1 aliphatic heterocycles. The molecule has 0 N–H and O–H groups in total. The van der Waals surface area contributed by atoms with Gasteiger partial charge in [-0.05, 0) is 37.6 Å². The lowest BCUT2D eigenvalue weighted by Crippen LogP contribution is -2.30. The monoisotopic (exact) mass is 421 g/mol. The van der Waals surface area contributed by atoms with Gasteiger partial charge in [0.15, 0.2) is 0 Å². The number of carbonyl (C=O) groups is 1. The average molecular weight is 422 g/mol. The van der Waals surface area contributed by atoms with E-state index < -0.39 is 0 Å². The highest BCUT2D eigenvalue weighted by molar-refractivity contribution is 6.36. The molecule has 0 radical (unpaired) electrons. The smallest absolute Gasteiger partial charge is 0.259 e. The van der Waals surface area contributed by atoms with Crippen molar-refractivity contribution in [1.29, 1.82) is 0 Å². The molecule has 0 aromatic heterocycles. The zero-order valence-electron chi connectivity index (χ0n) is 17.4. The third-order valence-electron chi connectivity index (χ3n) is 4.79. The number of hydrogen-bond acceptors (Lipinski definition) is 4. The van der Waals surface area contributed by atoms with Crippen molar-refractivity contribution in [2.24, 2.45) is 10.1 Å². The molecule has 30 heavy (non-hydrogen) atoms. The molecule has 6 heteroatoms. The molecule has 0 saturated heterocycles. The second-order valence-electron chi connectivity index (χ2n) is 6.78. The van der Waals surface area contributed by atoms with Crippen LogP contribution in [0, 0.1) is 0 Å². The van der Waals surface area contributed by atoms with Gasteiger partial charge >= 0.3 is 0 Å². The fourth-order valence-corrected chi connectivity index (χ4v) is 3.30. The molecule has 0 unspecified atom stereocenters. The highest BCUT2D eigenvalue weighted by atomic mass is 35.5. The van der Waals surface area contributed by atoms with Crippen LogP contribution in [0.3, 0.4) is 0 Å². The normalized spacial score (nSPS) is 13.2. The second kappa shape index (κ2) is 9.55. The minimum atomic E-state index is -0.269. The maximum atomic E-state index is 12.9. The fourth-order valence-electron chi connectivity index (χ4n) is 3.09. The largest absolute Gasteiger partial charge is 0.396 e. The van der Waals surface area contributed by atoms with Gasteiger partial charge in [-0.3, -0.25) is 9.79 Å². The number of benzene rings is 2. The van der Waals surface area contributed by atoms with Gasteiger partial charge in [-0.25, -0.2) is 0 Å². The van der Waals surface area contributed by atoms with Crippen LogP contribution < -0.4 is 4.90 Å². The molecule has 2 aromatic rings. The third kappa shape index (κ3) is 4.52. The van der Waals surface area contributed by atoms with Crippen LogP contribution in [-0.4, -0.2) is 37.5 Å². The molecule has 0 bridgehead atoms. The minimum absolute atomic E-state index is 0.267. The van der Waals surface area contributed by atoms with E-state index in [0.29, 0.717) is 29.6 Å². The van der Waals surface area contributed by atoms with Gasteiger partial charge in [0.1, 0.15) is 6.61 Å². The molecule has 154 valence electrons. The number of fused-ring (bicyclic) bond motifs is 1. The Balaban J connectivity index is 1.96. The lowest BCUT2D eigenvalue weighted by atomic mass is 9.97. The average Bonchev–Trinajstić information content (AvgIpc) is 2.98. The Kier molecular flexibility index (Phi) is 6.85. The molecule has 0 saturated carbocycles. The van der Waals surface area contributed by atoms with Gasteiger partial charge in [0.2, 0.25) is 0 Å². The van der Waals surface area contributed by atoms with Gasteiger partial charge in [-0.1, -0.05) is 59.8 Å². The maximum Gasteiger partial charge on any atom is 0.259 e. The van der Waals surface area contributed by atoms with Crippen molar-refractivity contribution in [1.82, 2.24) is 0 Å². The molecular formula is C24H24ClN3O2. The van der Waals surface area contributed by atoms with Gasteiger partial charge < -0.3 is 9.74 Å². The zero-order chi connectivity index (χ0) is 21.7. The summed E-state index contributed by atoms with van der Waals surface area (Å²) in [6, 6.07) is 13.5. The lowest BCUT2D eigenvalue weighted by Gasteiger charge is -2.20. The van der Waals surface area contributed by atoms with E-state index in [0.717, 1.165) is 22.4 Å². The van der Waals surface area contributed by atoms with Crippen molar-refractivity contribution in [2.75, 3.05) is 25.1 Å². The van der Waals surface area contributed by atoms with E-state index in [2.05, 4.69) is 17.8 Å². The lowest BCUT2D eigenvalue weighted by molar-refractivity contribution is -0.114. The van der Waals surface area contributed by atoms with Crippen molar-refractivity contribution >= 4 is 40.7 Å². The summed E-state index contributed by atoms with van der Waals surface area (Å²) in [5, 5.41) is 4.47. The summed E-state index contributed by atoms with van der Waals surface area (Å²) < 4.78 is 0. The van der Waals surface area contributed by atoms with Crippen molar-refractivity contribution in [3.8, 4) is 0 Å². The topological polar surface area (TPSA) is 54.3 Å². The highest BCUT2D eigenvalue weighted by Crippen LogP contribution is 2.28. The van der Waals surface area contributed by atoms with Gasteiger partial charge in [-0.15, -0.1) is 0 Å². The molecule has 3 rings (SSSR count). The summed E-state index contributed by atoms with van der Waals surface area (Å²) in [5.41, 5.74) is 5.05. The van der Waals surface area contributed by atoms with E-state index in [9.17, 15) is 4.79 Å². The van der Waals surface area contributed by atoms with Crippen LogP contribution in [-0.2, 0) is 9.63 Å². The minimum Gasteiger partial charge on any atom is -0.396 e. The number of aliphatic imine (C=N–C) groups is 1. The fraction of sp³-hybridized carbons (Fsp3) is 0.208. The van der Waals surface area contributed by atoms with Crippen LogP contribution in [0.25, 0.3) is 6.08 Å². The molecule has 1 amide bonds. The number of hydrogen-bond donors (Lipinski definition) is 0. The summed E-state index contributed by atoms with van der Waals surface area (Å²) in [5.74, 6) is -0.269. The van der Waals surface area contributed by atoms with Crippen molar-refractivity contribution < 1.29 is 9.63 Å². The van der Waals surface area contributed by atoms with Crippen molar-refractivity contribution in [3.63, 3.8) is 0 Å². The Morgan fingerprint density at radius 1 is 1.27 bits per heavy atom. The first-order valence-electron chi connectivity index (χ1n) is 9.68. The number of anilines is 1. The zero-order valence-corrected chi connectivity index (χ0v) is 18.1. The van der Waals surface area contributed by atoms with Crippen molar-refractivity contribution in [3.05, 3.63) is 82.4 Å². The van der Waals surface area contributed by atoms with E-state index in [4.69, 9.17) is 21.4 Å². The van der Waals surface area contributed by atoms with Gasteiger partial charge in [0.25, 0.3) is 5.91 Å². The number of amides is 1. The summed E-state index contributed by atoms with van der Waals surface area (Å²) in [6.07, 6.45) is 4.08. The first-order chi connectivity index (χ1) is 14.4. The van der Waals surface area contributed by atoms with Gasteiger partial charge in [0.05, 0.1) is 28.6 Å². The number of likely N-dealkylation sites (N-methyl/N-ethyl adjacent to an activating group) is 1. The summed E-state index contributed by atoms with van der Waals surface area (Å²) in [4.78, 5) is 24.2. The Morgan fingerprint density at radius 2 is 2.03 bits per heavy atom. The third-order valence-corrected chi connectivity index (χ3v) is 5.12. The molecule has 0 aliphatic carbocycles. The summed E-state index contributed by atoms with van der Waals surface area (Å²) in [6.45, 7) is 8.37. The first-order valence-corrected chi connectivity index (χ1v) is 10.1. The van der Waals surface area contributed by atoms with E-state index in [1.54, 1.807) is 26.1 Å². The van der Waals surface area contributed by atoms with Crippen LogP contribution in [0.1, 0.15) is 30.5 Å². The Hall–Kier alpha value is -3.18. The van der Waals surface area contributed by atoms with Crippen LogP contribution in [0.4, 0.5) is 5.69 Å². The van der Waals surface area contributed by atoms with Crippen LogP contribution in [0.2, 0.25) is 5.02 Å². The van der Waals surface area contributed by atoms with Crippen LogP contribution >= 0.6 is 11.6 Å². The molecule has 5 nitrogen and oxygen atoms in total. The number of carbonyl (C=O) groups excluding carboxylic acids is 1. The van der Waals surface area contributed by atoms with E-state index >= 15 is 0 Å². The summed E-state index contributed by atoms with van der Waals surface area (Å²) >= 11 is 6.55. The molecule has 1 heterocycles. The first kappa shape index (κ1) is 21.5. The van der Waals surface area contributed by atoms with Crippen molar-refractivity contribution in [2.45, 2.75) is 13.8 Å². The Morgan fingerprint density at radius 3 is 2.80 bits per heavy atom. The summed E-state index contributed by atoms with van der Waals surface area (Å²) in [7, 11) is 1.69. The maximum absolute atomic E-state index is 12.9. The molecule has 0 spiro atoms. The quantitative estimate of drug-likeness (QED) is 0.368. The van der Waals surface area contributed by atoms with E-state index in [1.165, 1.54) is 4.90 Å².